The molecule has 3 aromatic rings. The topological polar surface area (TPSA) is 77.9 Å². The number of carboxylic acids is 1. The highest BCUT2D eigenvalue weighted by atomic mass is 19.1. The molecule has 2 aliphatic rings. The number of aliphatic carboxylic acids is 1. The number of hydrogen-bond acceptors (Lipinski definition) is 5. The molecule has 3 heterocycles. The van der Waals surface area contributed by atoms with Crippen LogP contribution in [-0.2, 0) is 22.4 Å². The predicted molar refractivity (Wildman–Crippen MR) is 153 cm³/mol. The van der Waals surface area contributed by atoms with Crippen molar-refractivity contribution in [1.29, 1.82) is 0 Å². The Morgan fingerprint density at radius 2 is 1.37 bits per heavy atom. The molecular weight excluding hydrogens is 528 g/mol. The summed E-state index contributed by atoms with van der Waals surface area (Å²) in [6.07, 6.45) is 1.38. The summed E-state index contributed by atoms with van der Waals surface area (Å²) in [6, 6.07) is 2.84. The second-order valence-electron chi connectivity index (χ2n) is 12.0. The molecule has 0 saturated heterocycles. The summed E-state index contributed by atoms with van der Waals surface area (Å²) in [7, 11) is 0. The first kappa shape index (κ1) is 29.0. The standard InChI is InChI=1S/C33H37F2NO5/c1-16-20-10-8-12-39-29(20)24(34)14-22(16)26-18(3)36-19(4)27(31(32(37)38)41-33(5,6)7)28(26)23-15-25(35)30-21(17(23)2)11-9-13-40-30/h14-15,31H,8-13H2,1-7H3,(H,37,38). The van der Waals surface area contributed by atoms with Crippen molar-refractivity contribution in [1.82, 2.24) is 4.98 Å². The van der Waals surface area contributed by atoms with E-state index in [1.54, 1.807) is 27.7 Å². The number of nitrogens with zero attached hydrogens (tertiary/aromatic N) is 1. The van der Waals surface area contributed by atoms with Gasteiger partial charge in [0.25, 0.3) is 0 Å². The van der Waals surface area contributed by atoms with Gasteiger partial charge in [0.15, 0.2) is 29.2 Å². The molecule has 0 fully saturated rings. The molecule has 1 N–H and O–H groups in total. The van der Waals surface area contributed by atoms with E-state index in [0.717, 1.165) is 35.1 Å². The molecule has 41 heavy (non-hydrogen) atoms. The first-order chi connectivity index (χ1) is 19.3. The summed E-state index contributed by atoms with van der Waals surface area (Å²) in [5.41, 5.74) is 5.80. The Balaban J connectivity index is 1.93. The zero-order valence-electron chi connectivity index (χ0n) is 24.8. The van der Waals surface area contributed by atoms with Crippen LogP contribution in [0.15, 0.2) is 12.1 Å². The summed E-state index contributed by atoms with van der Waals surface area (Å²) in [5, 5.41) is 10.5. The Morgan fingerprint density at radius 1 is 0.878 bits per heavy atom. The largest absolute Gasteiger partial charge is 0.490 e. The first-order valence-corrected chi connectivity index (χ1v) is 14.1. The van der Waals surface area contributed by atoms with Crippen LogP contribution < -0.4 is 9.47 Å². The fourth-order valence-corrected chi connectivity index (χ4v) is 6.22. The predicted octanol–water partition coefficient (Wildman–Crippen LogP) is 7.52. The van der Waals surface area contributed by atoms with Crippen LogP contribution >= 0.6 is 0 Å². The van der Waals surface area contributed by atoms with Crippen LogP contribution in [0.4, 0.5) is 8.78 Å². The Bertz CT molecular complexity index is 1560. The number of fused-ring (bicyclic) bond motifs is 2. The molecule has 0 amide bonds. The molecule has 6 nitrogen and oxygen atoms in total. The molecule has 1 aromatic heterocycles. The van der Waals surface area contributed by atoms with Gasteiger partial charge in [-0.2, -0.15) is 0 Å². The summed E-state index contributed by atoms with van der Waals surface area (Å²) >= 11 is 0. The van der Waals surface area contributed by atoms with E-state index in [1.165, 1.54) is 12.1 Å². The van der Waals surface area contributed by atoms with Gasteiger partial charge < -0.3 is 19.3 Å². The number of benzene rings is 2. The Hall–Kier alpha value is -3.52. The molecule has 0 radical (unpaired) electrons. The number of pyridine rings is 1. The molecule has 0 bridgehead atoms. The van der Waals surface area contributed by atoms with Gasteiger partial charge in [0.05, 0.1) is 18.8 Å². The van der Waals surface area contributed by atoms with Crippen LogP contribution in [-0.4, -0.2) is 34.9 Å². The van der Waals surface area contributed by atoms with Crippen molar-refractivity contribution >= 4 is 5.97 Å². The van der Waals surface area contributed by atoms with Gasteiger partial charge in [0, 0.05) is 33.6 Å². The number of aryl methyl sites for hydroxylation is 2. The van der Waals surface area contributed by atoms with Crippen LogP contribution in [0.1, 0.15) is 78.9 Å². The molecule has 2 aromatic carbocycles. The summed E-state index contributed by atoms with van der Waals surface area (Å²) in [5.74, 6) is -1.71. The highest BCUT2D eigenvalue weighted by Crippen LogP contribution is 2.48. The molecule has 1 unspecified atom stereocenters. The van der Waals surface area contributed by atoms with Crippen LogP contribution in [0.25, 0.3) is 22.3 Å². The first-order valence-electron chi connectivity index (χ1n) is 14.1. The maximum absolute atomic E-state index is 15.7. The lowest BCUT2D eigenvalue weighted by Crippen LogP contribution is -2.29. The minimum absolute atomic E-state index is 0.233. The van der Waals surface area contributed by atoms with Crippen molar-refractivity contribution in [3.05, 3.63) is 63.0 Å². The van der Waals surface area contributed by atoms with Crippen molar-refractivity contribution in [2.45, 2.75) is 85.9 Å². The lowest BCUT2D eigenvalue weighted by Gasteiger charge is -2.31. The number of carbonyl (C=O) groups is 1. The molecule has 0 spiro atoms. The minimum atomic E-state index is -1.40. The molecule has 5 rings (SSSR count). The number of aromatic nitrogens is 1. The lowest BCUT2D eigenvalue weighted by molar-refractivity contribution is -0.160. The smallest absolute Gasteiger partial charge is 0.337 e. The number of ether oxygens (including phenoxy) is 3. The molecule has 218 valence electrons. The third kappa shape index (κ3) is 5.18. The average molecular weight is 566 g/mol. The van der Waals surface area contributed by atoms with Crippen molar-refractivity contribution in [2.75, 3.05) is 13.2 Å². The van der Waals surface area contributed by atoms with E-state index in [2.05, 4.69) is 0 Å². The van der Waals surface area contributed by atoms with Gasteiger partial charge in [-0.15, -0.1) is 0 Å². The van der Waals surface area contributed by atoms with E-state index in [9.17, 15) is 9.90 Å². The van der Waals surface area contributed by atoms with E-state index in [0.29, 0.717) is 65.3 Å². The SMILES string of the molecule is Cc1nc(C)c(C(OC(C)(C)C)C(=O)O)c(-c2cc(F)c3c(c2C)CCCO3)c1-c1cc(F)c2c(c1C)CCCO2. The van der Waals surface area contributed by atoms with Crippen LogP contribution in [0.3, 0.4) is 0 Å². The third-order valence-electron chi connectivity index (χ3n) is 7.98. The van der Waals surface area contributed by atoms with Crippen molar-refractivity contribution in [3.8, 4) is 33.8 Å². The van der Waals surface area contributed by atoms with Gasteiger partial charge in [-0.25, -0.2) is 13.6 Å². The van der Waals surface area contributed by atoms with Gasteiger partial charge in [0.1, 0.15) is 0 Å². The van der Waals surface area contributed by atoms with Gasteiger partial charge in [-0.05, 0) is 114 Å². The third-order valence-corrected chi connectivity index (χ3v) is 7.98. The highest BCUT2D eigenvalue weighted by Gasteiger charge is 2.35. The van der Waals surface area contributed by atoms with Crippen LogP contribution in [0.2, 0.25) is 0 Å². The fourth-order valence-electron chi connectivity index (χ4n) is 6.22. The van der Waals surface area contributed by atoms with Crippen molar-refractivity contribution in [3.63, 3.8) is 0 Å². The van der Waals surface area contributed by atoms with Crippen molar-refractivity contribution in [2.24, 2.45) is 0 Å². The van der Waals surface area contributed by atoms with E-state index in [-0.39, 0.29) is 11.5 Å². The zero-order valence-corrected chi connectivity index (χ0v) is 24.8. The quantitative estimate of drug-likeness (QED) is 0.345. The molecule has 1 atom stereocenters. The van der Waals surface area contributed by atoms with Crippen LogP contribution in [0.5, 0.6) is 11.5 Å². The minimum Gasteiger partial charge on any atom is -0.490 e. The normalized spacial score (nSPS) is 15.4. The van der Waals surface area contributed by atoms with Gasteiger partial charge >= 0.3 is 5.97 Å². The summed E-state index contributed by atoms with van der Waals surface area (Å²) in [6.45, 7) is 13.6. The average Bonchev–Trinajstić information content (AvgIpc) is 2.91. The molecule has 8 heteroatoms. The zero-order chi connectivity index (χ0) is 29.8. The van der Waals surface area contributed by atoms with Gasteiger partial charge in [0.2, 0.25) is 0 Å². The molecule has 0 aliphatic carbocycles. The second-order valence-corrected chi connectivity index (χ2v) is 12.0. The Morgan fingerprint density at radius 3 is 1.83 bits per heavy atom. The number of halogens is 2. The Kier molecular flexibility index (Phi) is 7.57. The van der Waals surface area contributed by atoms with Crippen molar-refractivity contribution < 1.29 is 32.9 Å². The van der Waals surface area contributed by atoms with E-state index in [4.69, 9.17) is 19.2 Å². The number of carboxylic acid groups (broad SMARTS) is 1. The fraction of sp³-hybridized carbons (Fsp3) is 0.455. The summed E-state index contributed by atoms with van der Waals surface area (Å²) < 4.78 is 48.8. The molecular formula is C33H37F2NO5. The maximum Gasteiger partial charge on any atom is 0.337 e. The Labute approximate surface area is 239 Å². The highest BCUT2D eigenvalue weighted by molar-refractivity contribution is 5.93. The number of rotatable bonds is 5. The van der Waals surface area contributed by atoms with E-state index in [1.807, 2.05) is 20.8 Å². The van der Waals surface area contributed by atoms with Crippen LogP contribution in [0, 0.1) is 39.3 Å². The maximum atomic E-state index is 15.7. The van der Waals surface area contributed by atoms with Gasteiger partial charge in [-0.3, -0.25) is 4.98 Å². The molecule has 2 aliphatic heterocycles. The monoisotopic (exact) mass is 565 g/mol. The number of hydrogen-bond donors (Lipinski definition) is 1. The summed E-state index contributed by atoms with van der Waals surface area (Å²) in [4.78, 5) is 17.6. The molecule has 0 saturated carbocycles. The van der Waals surface area contributed by atoms with E-state index < -0.39 is 29.3 Å². The van der Waals surface area contributed by atoms with E-state index >= 15 is 8.78 Å². The lowest BCUT2D eigenvalue weighted by atomic mass is 9.81. The second kappa shape index (κ2) is 10.7. The van der Waals surface area contributed by atoms with Gasteiger partial charge in [-0.1, -0.05) is 0 Å².